The number of hydrogen-bond donors (Lipinski definition) is 0. The highest BCUT2D eigenvalue weighted by Gasteiger charge is 2.03. The smallest absolute Gasteiger partial charge is 0.0630 e. The van der Waals surface area contributed by atoms with Crippen LogP contribution in [-0.4, -0.2) is 10.8 Å². The number of hydrogen-bond acceptors (Lipinski definition) is 1. The third kappa shape index (κ3) is 3.12. The van der Waals surface area contributed by atoms with Crippen molar-refractivity contribution in [1.29, 1.82) is 0 Å². The fourth-order valence-electron chi connectivity index (χ4n) is 2.46. The maximum absolute atomic E-state index is 5.87. The van der Waals surface area contributed by atoms with E-state index in [1.807, 2.05) is 30.5 Å². The Morgan fingerprint density at radius 2 is 1.41 bits per heavy atom. The van der Waals surface area contributed by atoms with E-state index in [4.69, 9.17) is 11.6 Å². The van der Waals surface area contributed by atoms with Gasteiger partial charge in [-0.25, -0.2) is 0 Å². The number of aromatic nitrogens is 1. The number of aliphatic imine (C=N–C) groups is 1. The van der Waals surface area contributed by atoms with Crippen LogP contribution in [-0.2, 0) is 0 Å². The first-order valence-electron chi connectivity index (χ1n) is 7.18. The van der Waals surface area contributed by atoms with Crippen molar-refractivity contribution in [2.24, 2.45) is 4.99 Å². The van der Waals surface area contributed by atoms with Crippen LogP contribution in [0.2, 0.25) is 5.02 Å². The van der Waals surface area contributed by atoms with Crippen molar-refractivity contribution < 1.29 is 0 Å². The molecular weight excluding hydrogens is 292 g/mol. The molecule has 0 amide bonds. The summed E-state index contributed by atoms with van der Waals surface area (Å²) < 4.78 is 2.24. The molecule has 110 valence electrons. The van der Waals surface area contributed by atoms with Gasteiger partial charge in [-0.15, -0.1) is 0 Å². The molecule has 3 rings (SSSR count). The minimum Gasteiger partial charge on any atom is -0.319 e. The molecule has 0 saturated heterocycles. The molecule has 1 aromatic heterocycles. The van der Waals surface area contributed by atoms with Crippen molar-refractivity contribution in [2.45, 2.75) is 13.8 Å². The molecule has 0 aliphatic rings. The van der Waals surface area contributed by atoms with E-state index in [9.17, 15) is 0 Å². The average molecular weight is 309 g/mol. The first-order chi connectivity index (χ1) is 10.6. The molecule has 0 aliphatic heterocycles. The van der Waals surface area contributed by atoms with Crippen molar-refractivity contribution in [3.63, 3.8) is 0 Å². The number of halogens is 1. The van der Waals surface area contributed by atoms with Crippen molar-refractivity contribution in [3.05, 3.63) is 82.6 Å². The molecule has 22 heavy (non-hydrogen) atoms. The van der Waals surface area contributed by atoms with E-state index in [0.29, 0.717) is 0 Å². The normalized spacial score (nSPS) is 11.2. The Bertz CT molecular complexity index is 777. The van der Waals surface area contributed by atoms with E-state index in [1.165, 1.54) is 17.1 Å². The lowest BCUT2D eigenvalue weighted by molar-refractivity contribution is 0.966. The number of nitrogens with zero attached hydrogens (tertiary/aromatic N) is 2. The van der Waals surface area contributed by atoms with Gasteiger partial charge in [-0.2, -0.15) is 0 Å². The standard InChI is InChI=1S/C19H17ClN2/c1-14-3-4-15(2)22(14)19-11-5-16(6-12-19)13-21-18-9-7-17(20)8-10-18/h3-13H,1-2H3. The number of benzene rings is 2. The third-order valence-corrected chi connectivity index (χ3v) is 3.86. The highest BCUT2D eigenvalue weighted by atomic mass is 35.5. The fraction of sp³-hybridized carbons (Fsp3) is 0.105. The monoisotopic (exact) mass is 308 g/mol. The fourth-order valence-corrected chi connectivity index (χ4v) is 2.59. The van der Waals surface area contributed by atoms with E-state index in [2.05, 4.69) is 59.8 Å². The van der Waals surface area contributed by atoms with Gasteiger partial charge in [-0.05, 0) is 67.9 Å². The SMILES string of the molecule is Cc1ccc(C)n1-c1ccc(C=Nc2ccc(Cl)cc2)cc1. The second kappa shape index (κ2) is 6.20. The summed E-state index contributed by atoms with van der Waals surface area (Å²) in [5.41, 5.74) is 5.61. The van der Waals surface area contributed by atoms with Crippen molar-refractivity contribution in [3.8, 4) is 5.69 Å². The van der Waals surface area contributed by atoms with Gasteiger partial charge in [0.25, 0.3) is 0 Å². The van der Waals surface area contributed by atoms with Crippen LogP contribution < -0.4 is 0 Å². The Kier molecular flexibility index (Phi) is 4.12. The highest BCUT2D eigenvalue weighted by molar-refractivity contribution is 6.30. The molecule has 0 saturated carbocycles. The second-order valence-corrected chi connectivity index (χ2v) is 5.71. The number of rotatable bonds is 3. The molecule has 2 aromatic carbocycles. The summed E-state index contributed by atoms with van der Waals surface area (Å²) in [6.45, 7) is 4.23. The molecule has 0 fully saturated rings. The summed E-state index contributed by atoms with van der Waals surface area (Å²) in [6.07, 6.45) is 1.86. The molecule has 0 N–H and O–H groups in total. The van der Waals surface area contributed by atoms with Gasteiger partial charge in [0.05, 0.1) is 5.69 Å². The van der Waals surface area contributed by atoms with Crippen LogP contribution in [0.1, 0.15) is 17.0 Å². The van der Waals surface area contributed by atoms with Gasteiger partial charge in [-0.1, -0.05) is 23.7 Å². The lowest BCUT2D eigenvalue weighted by Gasteiger charge is -2.09. The Labute approximate surface area is 135 Å². The first kappa shape index (κ1) is 14.6. The summed E-state index contributed by atoms with van der Waals surface area (Å²) in [5.74, 6) is 0. The average Bonchev–Trinajstić information content (AvgIpc) is 2.86. The molecular formula is C19H17ClN2. The Morgan fingerprint density at radius 1 is 0.818 bits per heavy atom. The molecule has 2 nitrogen and oxygen atoms in total. The minimum absolute atomic E-state index is 0.723. The Morgan fingerprint density at radius 3 is 2.00 bits per heavy atom. The predicted molar refractivity (Wildman–Crippen MR) is 93.9 cm³/mol. The molecule has 0 aliphatic carbocycles. The summed E-state index contributed by atoms with van der Waals surface area (Å²) in [6, 6.07) is 20.1. The van der Waals surface area contributed by atoms with Crippen LogP contribution in [0.25, 0.3) is 5.69 Å². The van der Waals surface area contributed by atoms with Gasteiger partial charge in [0, 0.05) is 28.3 Å². The molecule has 1 heterocycles. The van der Waals surface area contributed by atoms with Gasteiger partial charge in [0.1, 0.15) is 0 Å². The summed E-state index contributed by atoms with van der Waals surface area (Å²) in [5, 5.41) is 0.723. The van der Waals surface area contributed by atoms with E-state index in [-0.39, 0.29) is 0 Å². The van der Waals surface area contributed by atoms with Crippen LogP contribution in [0.3, 0.4) is 0 Å². The van der Waals surface area contributed by atoms with Crippen molar-refractivity contribution in [2.75, 3.05) is 0 Å². The lowest BCUT2D eigenvalue weighted by Crippen LogP contribution is -1.98. The van der Waals surface area contributed by atoms with Crippen LogP contribution in [0, 0.1) is 13.8 Å². The first-order valence-corrected chi connectivity index (χ1v) is 7.56. The Balaban J connectivity index is 1.81. The largest absolute Gasteiger partial charge is 0.319 e. The third-order valence-electron chi connectivity index (χ3n) is 3.61. The van der Waals surface area contributed by atoms with Gasteiger partial charge < -0.3 is 4.57 Å². The molecule has 3 aromatic rings. The summed E-state index contributed by atoms with van der Waals surface area (Å²) >= 11 is 5.87. The van der Waals surface area contributed by atoms with Crippen molar-refractivity contribution >= 4 is 23.5 Å². The van der Waals surface area contributed by atoms with E-state index < -0.39 is 0 Å². The zero-order chi connectivity index (χ0) is 15.5. The topological polar surface area (TPSA) is 17.3 Å². The van der Waals surface area contributed by atoms with Gasteiger partial charge in [-0.3, -0.25) is 4.99 Å². The van der Waals surface area contributed by atoms with Crippen LogP contribution in [0.5, 0.6) is 0 Å². The Hall–Kier alpha value is -2.32. The summed E-state index contributed by atoms with van der Waals surface area (Å²) in [7, 11) is 0. The molecule has 3 heteroatoms. The maximum Gasteiger partial charge on any atom is 0.0630 e. The van der Waals surface area contributed by atoms with Crippen LogP contribution in [0.4, 0.5) is 5.69 Å². The molecule has 0 spiro atoms. The van der Waals surface area contributed by atoms with Gasteiger partial charge >= 0.3 is 0 Å². The molecule has 0 bridgehead atoms. The van der Waals surface area contributed by atoms with Gasteiger partial charge in [0.15, 0.2) is 0 Å². The van der Waals surface area contributed by atoms with E-state index in [0.717, 1.165) is 16.3 Å². The minimum atomic E-state index is 0.723. The molecule has 0 radical (unpaired) electrons. The maximum atomic E-state index is 5.87. The molecule has 0 atom stereocenters. The predicted octanol–water partition coefficient (Wildman–Crippen LogP) is 5.50. The molecule has 0 unspecified atom stereocenters. The zero-order valence-corrected chi connectivity index (χ0v) is 13.4. The number of aryl methyl sites for hydroxylation is 2. The quantitative estimate of drug-likeness (QED) is 0.569. The van der Waals surface area contributed by atoms with Crippen molar-refractivity contribution in [1.82, 2.24) is 4.57 Å². The van der Waals surface area contributed by atoms with Crippen LogP contribution in [0.15, 0.2) is 65.7 Å². The summed E-state index contributed by atoms with van der Waals surface area (Å²) in [4.78, 5) is 4.45. The van der Waals surface area contributed by atoms with E-state index in [1.54, 1.807) is 0 Å². The highest BCUT2D eigenvalue weighted by Crippen LogP contribution is 2.18. The van der Waals surface area contributed by atoms with E-state index >= 15 is 0 Å². The second-order valence-electron chi connectivity index (χ2n) is 5.28. The lowest BCUT2D eigenvalue weighted by atomic mass is 10.2. The zero-order valence-electron chi connectivity index (χ0n) is 12.6. The van der Waals surface area contributed by atoms with Crippen LogP contribution >= 0.6 is 11.6 Å². The van der Waals surface area contributed by atoms with Gasteiger partial charge in [0.2, 0.25) is 0 Å².